The summed E-state index contributed by atoms with van der Waals surface area (Å²) < 4.78 is 0. The highest BCUT2D eigenvalue weighted by molar-refractivity contribution is 6.39. The molecular formula is C18H20Cl2N3O2+. The standard InChI is InChI=1S/C18H19Cl2N3O2/c1-12(18(25)21-13-7-4-3-5-8-13)23(2)11-16(24)22-17-14(19)9-6-10-15(17)20/h3-10,12H,11H2,1-2H3,(H,21,25)(H,22,24)/p+1/t12-/m0/s1. The Balaban J connectivity index is 1.92. The van der Waals surface area contributed by atoms with Crippen LogP contribution in [0.5, 0.6) is 0 Å². The van der Waals surface area contributed by atoms with Crippen molar-refractivity contribution in [2.75, 3.05) is 24.2 Å². The summed E-state index contributed by atoms with van der Waals surface area (Å²) in [4.78, 5) is 25.3. The molecule has 0 aliphatic carbocycles. The first-order valence-corrected chi connectivity index (χ1v) is 8.56. The number of carbonyl (C=O) groups is 2. The van der Waals surface area contributed by atoms with Gasteiger partial charge in [-0.25, -0.2) is 0 Å². The van der Waals surface area contributed by atoms with Gasteiger partial charge in [-0.1, -0.05) is 47.5 Å². The summed E-state index contributed by atoms with van der Waals surface area (Å²) in [5.41, 5.74) is 1.10. The fourth-order valence-electron chi connectivity index (χ4n) is 2.20. The van der Waals surface area contributed by atoms with Crippen molar-refractivity contribution in [2.45, 2.75) is 13.0 Å². The van der Waals surface area contributed by atoms with Crippen LogP contribution in [0.15, 0.2) is 48.5 Å². The Hall–Kier alpha value is -2.08. The second-order valence-corrected chi connectivity index (χ2v) is 6.56. The summed E-state index contributed by atoms with van der Waals surface area (Å²) in [6.45, 7) is 1.87. The molecule has 25 heavy (non-hydrogen) atoms. The lowest BCUT2D eigenvalue weighted by molar-refractivity contribution is -0.885. The van der Waals surface area contributed by atoms with Crippen molar-refractivity contribution in [3.63, 3.8) is 0 Å². The van der Waals surface area contributed by atoms with Gasteiger partial charge in [0.05, 0.1) is 22.8 Å². The smallest absolute Gasteiger partial charge is 0.282 e. The molecule has 0 saturated carbocycles. The van der Waals surface area contributed by atoms with Crippen molar-refractivity contribution in [2.24, 2.45) is 0 Å². The van der Waals surface area contributed by atoms with E-state index in [2.05, 4.69) is 10.6 Å². The molecule has 0 bridgehead atoms. The van der Waals surface area contributed by atoms with Gasteiger partial charge in [0.2, 0.25) is 0 Å². The van der Waals surface area contributed by atoms with Crippen molar-refractivity contribution in [1.29, 1.82) is 0 Å². The van der Waals surface area contributed by atoms with Gasteiger partial charge >= 0.3 is 0 Å². The summed E-state index contributed by atoms with van der Waals surface area (Å²) in [5.74, 6) is -0.431. The Bertz CT molecular complexity index is 733. The second kappa shape index (κ2) is 8.85. The Morgan fingerprint density at radius 3 is 2.20 bits per heavy atom. The maximum atomic E-state index is 12.3. The Morgan fingerprint density at radius 1 is 1.00 bits per heavy atom. The van der Waals surface area contributed by atoms with Crippen molar-refractivity contribution < 1.29 is 14.5 Å². The van der Waals surface area contributed by atoms with Gasteiger partial charge in [0.1, 0.15) is 0 Å². The number of amides is 2. The third-order valence-electron chi connectivity index (χ3n) is 3.84. The van der Waals surface area contributed by atoms with Gasteiger partial charge in [0, 0.05) is 5.69 Å². The third-order valence-corrected chi connectivity index (χ3v) is 4.47. The molecule has 0 saturated heterocycles. The molecule has 2 amide bonds. The molecule has 0 heterocycles. The molecule has 5 nitrogen and oxygen atoms in total. The third kappa shape index (κ3) is 5.46. The van der Waals surface area contributed by atoms with E-state index in [1.807, 2.05) is 30.3 Å². The summed E-state index contributed by atoms with van der Waals surface area (Å²) in [7, 11) is 1.78. The van der Waals surface area contributed by atoms with E-state index < -0.39 is 6.04 Å². The molecule has 0 aliphatic rings. The molecule has 2 rings (SSSR count). The van der Waals surface area contributed by atoms with Crippen molar-refractivity contribution in [3.05, 3.63) is 58.6 Å². The Labute approximate surface area is 156 Å². The van der Waals surface area contributed by atoms with E-state index in [1.165, 1.54) is 0 Å². The molecule has 3 N–H and O–H groups in total. The fourth-order valence-corrected chi connectivity index (χ4v) is 2.69. The maximum Gasteiger partial charge on any atom is 0.282 e. The number of quaternary nitrogens is 1. The van der Waals surface area contributed by atoms with Gasteiger partial charge in [-0.2, -0.15) is 0 Å². The number of hydrogen-bond acceptors (Lipinski definition) is 2. The maximum absolute atomic E-state index is 12.3. The van der Waals surface area contributed by atoms with Crippen molar-refractivity contribution in [1.82, 2.24) is 0 Å². The average molecular weight is 381 g/mol. The zero-order valence-electron chi connectivity index (χ0n) is 14.0. The van der Waals surface area contributed by atoms with E-state index in [-0.39, 0.29) is 18.4 Å². The van der Waals surface area contributed by atoms with Crippen LogP contribution in [0.4, 0.5) is 11.4 Å². The van der Waals surface area contributed by atoms with Crippen LogP contribution in [-0.4, -0.2) is 31.4 Å². The van der Waals surface area contributed by atoms with Crippen LogP contribution in [0.3, 0.4) is 0 Å². The molecule has 0 spiro atoms. The van der Waals surface area contributed by atoms with Gasteiger partial charge in [-0.3, -0.25) is 9.59 Å². The zero-order valence-corrected chi connectivity index (χ0v) is 15.5. The molecule has 7 heteroatoms. The highest BCUT2D eigenvalue weighted by Crippen LogP contribution is 2.29. The first kappa shape index (κ1) is 19.2. The second-order valence-electron chi connectivity index (χ2n) is 5.74. The Morgan fingerprint density at radius 2 is 1.60 bits per heavy atom. The van der Waals surface area contributed by atoms with Crippen molar-refractivity contribution in [3.8, 4) is 0 Å². The highest BCUT2D eigenvalue weighted by Gasteiger charge is 2.24. The van der Waals surface area contributed by atoms with E-state index in [4.69, 9.17) is 23.2 Å². The highest BCUT2D eigenvalue weighted by atomic mass is 35.5. The minimum absolute atomic E-state index is 0.102. The minimum Gasteiger partial charge on any atom is -0.321 e. The van der Waals surface area contributed by atoms with Crippen LogP contribution in [0.1, 0.15) is 6.92 Å². The number of rotatable bonds is 6. The number of halogens is 2. The van der Waals surface area contributed by atoms with E-state index in [0.717, 1.165) is 10.6 Å². The largest absolute Gasteiger partial charge is 0.321 e. The molecule has 132 valence electrons. The lowest BCUT2D eigenvalue weighted by atomic mass is 10.2. The van der Waals surface area contributed by atoms with Crippen LogP contribution in [0.25, 0.3) is 0 Å². The van der Waals surface area contributed by atoms with Gasteiger partial charge in [-0.05, 0) is 31.2 Å². The minimum atomic E-state index is -0.410. The number of nitrogens with one attached hydrogen (secondary N) is 3. The summed E-state index contributed by atoms with van der Waals surface area (Å²) >= 11 is 12.1. The van der Waals surface area contributed by atoms with Crippen LogP contribution >= 0.6 is 23.2 Å². The molecule has 1 unspecified atom stereocenters. The fraction of sp³-hybridized carbons (Fsp3) is 0.222. The van der Waals surface area contributed by atoms with Gasteiger partial charge in [0.25, 0.3) is 11.8 Å². The quantitative estimate of drug-likeness (QED) is 0.720. The molecular weight excluding hydrogens is 361 g/mol. The molecule has 2 atom stereocenters. The first-order chi connectivity index (χ1) is 11.9. The summed E-state index contributed by atoms with van der Waals surface area (Å²) in [6, 6.07) is 13.8. The number of anilines is 2. The van der Waals surface area contributed by atoms with Crippen LogP contribution in [0.2, 0.25) is 10.0 Å². The van der Waals surface area contributed by atoms with E-state index in [9.17, 15) is 9.59 Å². The predicted octanol–water partition coefficient (Wildman–Crippen LogP) is 2.47. The van der Waals surface area contributed by atoms with Crippen LogP contribution < -0.4 is 15.5 Å². The average Bonchev–Trinajstić information content (AvgIpc) is 2.58. The summed E-state index contributed by atoms with van der Waals surface area (Å²) in [5, 5.41) is 6.27. The predicted molar refractivity (Wildman–Crippen MR) is 101 cm³/mol. The topological polar surface area (TPSA) is 62.6 Å². The molecule has 0 aliphatic heterocycles. The molecule has 0 radical (unpaired) electrons. The number of para-hydroxylation sites is 2. The number of carbonyl (C=O) groups excluding carboxylic acids is 2. The molecule has 2 aromatic carbocycles. The lowest BCUT2D eigenvalue weighted by Gasteiger charge is -2.21. The summed E-state index contributed by atoms with van der Waals surface area (Å²) in [6.07, 6.45) is 0. The lowest BCUT2D eigenvalue weighted by Crippen LogP contribution is -3.14. The SMILES string of the molecule is C[C@@H](C(=O)Nc1ccccc1)[NH+](C)CC(=O)Nc1c(Cl)cccc1Cl. The van der Waals surface area contributed by atoms with Crippen LogP contribution in [-0.2, 0) is 9.59 Å². The van der Waals surface area contributed by atoms with E-state index in [0.29, 0.717) is 15.7 Å². The van der Waals surface area contributed by atoms with Gasteiger partial charge < -0.3 is 15.5 Å². The zero-order chi connectivity index (χ0) is 18.4. The van der Waals surface area contributed by atoms with Crippen molar-refractivity contribution >= 4 is 46.4 Å². The monoisotopic (exact) mass is 380 g/mol. The van der Waals surface area contributed by atoms with Crippen LogP contribution in [0, 0.1) is 0 Å². The number of benzene rings is 2. The first-order valence-electron chi connectivity index (χ1n) is 7.80. The number of likely N-dealkylation sites (N-methyl/N-ethyl adjacent to an activating group) is 1. The molecule has 2 aromatic rings. The molecule has 0 aromatic heterocycles. The van der Waals surface area contributed by atoms with Gasteiger partial charge in [-0.15, -0.1) is 0 Å². The molecule has 0 fully saturated rings. The van der Waals surface area contributed by atoms with Gasteiger partial charge in [0.15, 0.2) is 12.6 Å². The Kier molecular flexibility index (Phi) is 6.82. The van der Waals surface area contributed by atoms with E-state index in [1.54, 1.807) is 32.2 Å². The number of hydrogen-bond donors (Lipinski definition) is 3. The normalized spacial score (nSPS) is 13.0. The van der Waals surface area contributed by atoms with E-state index >= 15 is 0 Å².